The molecule has 0 N–H and O–H groups in total. The van der Waals surface area contributed by atoms with Crippen LogP contribution in [0.5, 0.6) is 5.75 Å². The lowest BCUT2D eigenvalue weighted by atomic mass is 10.1. The second-order valence-corrected chi connectivity index (χ2v) is 7.76. The van der Waals surface area contributed by atoms with Crippen LogP contribution in [-0.4, -0.2) is 36.0 Å². The van der Waals surface area contributed by atoms with Crippen molar-refractivity contribution in [2.75, 3.05) is 12.9 Å². The van der Waals surface area contributed by atoms with E-state index >= 15 is 0 Å². The molecule has 7 heteroatoms. The van der Waals surface area contributed by atoms with Gasteiger partial charge >= 0.3 is 0 Å². The number of sulfone groups is 1. The van der Waals surface area contributed by atoms with Crippen molar-refractivity contribution in [3.63, 3.8) is 0 Å². The molecule has 0 aliphatic carbocycles. The molecule has 0 radical (unpaired) electrons. The Labute approximate surface area is 147 Å². The summed E-state index contributed by atoms with van der Waals surface area (Å²) in [5.74, 6) is 1.11. The average molecular weight is 357 g/mol. The first-order valence-electron chi connectivity index (χ1n) is 7.85. The Balaban J connectivity index is 2.11. The molecule has 1 aromatic carbocycles. The largest absolute Gasteiger partial charge is 0.497 e. The summed E-state index contributed by atoms with van der Waals surface area (Å²) in [7, 11) is -1.78. The van der Waals surface area contributed by atoms with Crippen molar-refractivity contribution in [2.45, 2.75) is 18.7 Å². The molecule has 2 aromatic heterocycles. The molecule has 0 aliphatic heterocycles. The van der Waals surface area contributed by atoms with Gasteiger partial charge in [0, 0.05) is 11.8 Å². The number of nitrogens with zero attached hydrogens (tertiary/aromatic N) is 3. The lowest BCUT2D eigenvalue weighted by Crippen LogP contribution is -2.12. The molecule has 0 aliphatic rings. The number of rotatable bonds is 5. The van der Waals surface area contributed by atoms with E-state index in [-0.39, 0.29) is 10.6 Å². The van der Waals surface area contributed by atoms with Crippen LogP contribution in [0.2, 0.25) is 0 Å². The Kier molecular flexibility index (Phi) is 4.59. The van der Waals surface area contributed by atoms with Crippen LogP contribution in [0.15, 0.2) is 53.7 Å². The fourth-order valence-electron chi connectivity index (χ4n) is 2.62. The molecule has 0 saturated carbocycles. The molecule has 2 heterocycles. The molecule has 3 aromatic rings. The molecule has 0 fully saturated rings. The summed E-state index contributed by atoms with van der Waals surface area (Å²) in [5, 5.41) is 4.37. The minimum absolute atomic E-state index is 0.0113. The Bertz CT molecular complexity index is 993. The molecule has 0 atom stereocenters. The molecular weight excluding hydrogens is 338 g/mol. The zero-order valence-electron chi connectivity index (χ0n) is 14.3. The second kappa shape index (κ2) is 6.68. The van der Waals surface area contributed by atoms with E-state index in [0.717, 1.165) is 22.6 Å². The summed E-state index contributed by atoms with van der Waals surface area (Å²) >= 11 is 0. The summed E-state index contributed by atoms with van der Waals surface area (Å²) < 4.78 is 31.5. The van der Waals surface area contributed by atoms with Crippen molar-refractivity contribution < 1.29 is 13.2 Å². The first-order chi connectivity index (χ1) is 12.0. The maximum Gasteiger partial charge on any atom is 0.181 e. The summed E-state index contributed by atoms with van der Waals surface area (Å²) in [6.45, 7) is 3.51. The van der Waals surface area contributed by atoms with Gasteiger partial charge in [-0.05, 0) is 36.8 Å². The van der Waals surface area contributed by atoms with E-state index < -0.39 is 9.84 Å². The first-order valence-corrected chi connectivity index (χ1v) is 9.50. The molecule has 0 spiro atoms. The predicted octanol–water partition coefficient (Wildman–Crippen LogP) is 3.04. The molecule has 130 valence electrons. The zero-order valence-corrected chi connectivity index (χ0v) is 15.1. The van der Waals surface area contributed by atoms with Crippen LogP contribution in [0.3, 0.4) is 0 Å². The molecule has 3 rings (SSSR count). The third kappa shape index (κ3) is 3.15. The highest BCUT2D eigenvalue weighted by atomic mass is 32.2. The average Bonchev–Trinajstić information content (AvgIpc) is 3.03. The van der Waals surface area contributed by atoms with Gasteiger partial charge in [-0.3, -0.25) is 0 Å². The van der Waals surface area contributed by atoms with Crippen LogP contribution in [0.4, 0.5) is 0 Å². The van der Waals surface area contributed by atoms with Crippen LogP contribution in [0, 0.1) is 6.92 Å². The summed E-state index contributed by atoms with van der Waals surface area (Å²) in [6.07, 6.45) is 3.28. The Morgan fingerprint density at radius 1 is 1.16 bits per heavy atom. The van der Waals surface area contributed by atoms with Gasteiger partial charge in [0.15, 0.2) is 15.7 Å². The lowest BCUT2D eigenvalue weighted by molar-refractivity contribution is 0.415. The van der Waals surface area contributed by atoms with E-state index in [2.05, 4.69) is 10.1 Å². The molecule has 0 unspecified atom stereocenters. The maximum atomic E-state index is 12.4. The zero-order chi connectivity index (χ0) is 18.0. The number of pyridine rings is 1. The van der Waals surface area contributed by atoms with E-state index in [1.54, 1.807) is 43.2 Å². The third-order valence-corrected chi connectivity index (χ3v) is 5.83. The van der Waals surface area contributed by atoms with Crippen molar-refractivity contribution in [1.29, 1.82) is 0 Å². The summed E-state index contributed by atoms with van der Waals surface area (Å²) in [4.78, 5) is 4.44. The number of hydrogen-bond donors (Lipinski definition) is 0. The van der Waals surface area contributed by atoms with Gasteiger partial charge in [0.2, 0.25) is 0 Å². The van der Waals surface area contributed by atoms with E-state index in [1.165, 1.54) is 0 Å². The highest BCUT2D eigenvalue weighted by Crippen LogP contribution is 2.28. The molecule has 0 saturated heterocycles. The van der Waals surface area contributed by atoms with Crippen molar-refractivity contribution in [3.8, 4) is 22.7 Å². The number of aromatic nitrogens is 3. The Morgan fingerprint density at radius 3 is 2.52 bits per heavy atom. The van der Waals surface area contributed by atoms with E-state index in [0.29, 0.717) is 5.82 Å². The van der Waals surface area contributed by atoms with Gasteiger partial charge in [-0.15, -0.1) is 0 Å². The maximum absolute atomic E-state index is 12.4. The third-order valence-electron chi connectivity index (χ3n) is 4.08. The van der Waals surface area contributed by atoms with E-state index in [9.17, 15) is 8.42 Å². The Morgan fingerprint density at radius 2 is 1.88 bits per heavy atom. The molecule has 0 bridgehead atoms. The van der Waals surface area contributed by atoms with Gasteiger partial charge in [0.25, 0.3) is 0 Å². The second-order valence-electron chi connectivity index (χ2n) is 5.51. The van der Waals surface area contributed by atoms with E-state index in [4.69, 9.17) is 4.74 Å². The normalized spacial score (nSPS) is 11.5. The van der Waals surface area contributed by atoms with Crippen LogP contribution in [0.25, 0.3) is 16.9 Å². The van der Waals surface area contributed by atoms with Crippen LogP contribution in [0.1, 0.15) is 12.6 Å². The lowest BCUT2D eigenvalue weighted by Gasteiger charge is -2.10. The number of ether oxygens (including phenoxy) is 1. The minimum atomic E-state index is -3.40. The Hall–Kier alpha value is -2.67. The highest BCUT2D eigenvalue weighted by Gasteiger charge is 2.21. The SMILES string of the molecule is CCS(=O)(=O)c1cccnc1-n1ncc(-c2ccc(OC)cc2)c1C. The predicted molar refractivity (Wildman–Crippen MR) is 95.8 cm³/mol. The fraction of sp³-hybridized carbons (Fsp3) is 0.222. The minimum Gasteiger partial charge on any atom is -0.497 e. The number of benzene rings is 1. The summed E-state index contributed by atoms with van der Waals surface area (Å²) in [6, 6.07) is 10.8. The van der Waals surface area contributed by atoms with Gasteiger partial charge in [-0.2, -0.15) is 5.10 Å². The highest BCUT2D eigenvalue weighted by molar-refractivity contribution is 7.91. The van der Waals surface area contributed by atoms with Crippen LogP contribution in [-0.2, 0) is 9.84 Å². The van der Waals surface area contributed by atoms with Crippen molar-refractivity contribution in [1.82, 2.24) is 14.8 Å². The fourth-order valence-corrected chi connectivity index (χ4v) is 3.63. The van der Waals surface area contributed by atoms with Gasteiger partial charge in [-0.25, -0.2) is 18.1 Å². The molecule has 0 amide bonds. The van der Waals surface area contributed by atoms with Crippen molar-refractivity contribution in [3.05, 3.63) is 54.5 Å². The topological polar surface area (TPSA) is 74.1 Å². The van der Waals surface area contributed by atoms with Gasteiger partial charge in [-0.1, -0.05) is 19.1 Å². The molecule has 25 heavy (non-hydrogen) atoms. The van der Waals surface area contributed by atoms with Crippen molar-refractivity contribution >= 4 is 9.84 Å². The van der Waals surface area contributed by atoms with E-state index in [1.807, 2.05) is 31.2 Å². The van der Waals surface area contributed by atoms with Crippen LogP contribution >= 0.6 is 0 Å². The number of hydrogen-bond acceptors (Lipinski definition) is 5. The first kappa shape index (κ1) is 17.2. The number of methoxy groups -OCH3 is 1. The van der Waals surface area contributed by atoms with Crippen LogP contribution < -0.4 is 4.74 Å². The van der Waals surface area contributed by atoms with Crippen molar-refractivity contribution in [2.24, 2.45) is 0 Å². The molecule has 6 nitrogen and oxygen atoms in total. The molecular formula is C18H19N3O3S. The standard InChI is InChI=1S/C18H19N3O3S/c1-4-25(22,23)17-6-5-11-19-18(17)21-13(2)16(12-20-21)14-7-9-15(24-3)10-8-14/h5-12H,4H2,1-3H3. The smallest absolute Gasteiger partial charge is 0.181 e. The van der Waals surface area contributed by atoms with Gasteiger partial charge in [0.05, 0.1) is 24.8 Å². The quantitative estimate of drug-likeness (QED) is 0.702. The monoisotopic (exact) mass is 357 g/mol. The summed E-state index contributed by atoms with van der Waals surface area (Å²) in [5.41, 5.74) is 2.70. The van der Waals surface area contributed by atoms with Gasteiger partial charge in [0.1, 0.15) is 10.6 Å². The van der Waals surface area contributed by atoms with Gasteiger partial charge < -0.3 is 4.74 Å².